The first kappa shape index (κ1) is 12.5. The molecule has 4 nitrogen and oxygen atoms in total. The lowest BCUT2D eigenvalue weighted by Gasteiger charge is -2.35. The molecule has 0 aromatic carbocycles. The number of anilines is 1. The van der Waals surface area contributed by atoms with Gasteiger partial charge in [0, 0.05) is 25.3 Å². The molecule has 3 heterocycles. The second-order valence-corrected chi connectivity index (χ2v) is 5.16. The normalized spacial score (nSPS) is 19.7. The number of furan rings is 1. The van der Waals surface area contributed by atoms with Crippen molar-refractivity contribution in [3.05, 3.63) is 24.6 Å². The summed E-state index contributed by atoms with van der Waals surface area (Å²) in [5.74, 6) is 1.07. The number of fused-ring (bicyclic) bond motifs is 1. The summed E-state index contributed by atoms with van der Waals surface area (Å²) in [6.45, 7) is 5.46. The Morgan fingerprint density at radius 2 is 2.42 bits per heavy atom. The van der Waals surface area contributed by atoms with Crippen LogP contribution in [0.25, 0.3) is 11.0 Å². The van der Waals surface area contributed by atoms with Crippen molar-refractivity contribution in [3.63, 3.8) is 0 Å². The Morgan fingerprint density at radius 3 is 3.21 bits per heavy atom. The SMILES string of the molecule is CCCN(c1nccc2occc12)C1CCCNC1. The van der Waals surface area contributed by atoms with Crippen molar-refractivity contribution in [1.29, 1.82) is 0 Å². The molecule has 1 N–H and O–H groups in total. The molecule has 0 bridgehead atoms. The van der Waals surface area contributed by atoms with E-state index in [1.807, 2.05) is 18.3 Å². The quantitative estimate of drug-likeness (QED) is 0.916. The van der Waals surface area contributed by atoms with Gasteiger partial charge in [-0.15, -0.1) is 0 Å². The van der Waals surface area contributed by atoms with Gasteiger partial charge in [0.1, 0.15) is 11.4 Å². The van der Waals surface area contributed by atoms with Gasteiger partial charge >= 0.3 is 0 Å². The van der Waals surface area contributed by atoms with Crippen LogP contribution in [0.1, 0.15) is 26.2 Å². The lowest BCUT2D eigenvalue weighted by molar-refractivity contribution is 0.429. The second-order valence-electron chi connectivity index (χ2n) is 5.16. The average molecular weight is 259 g/mol. The lowest BCUT2D eigenvalue weighted by atomic mass is 10.0. The maximum atomic E-state index is 5.49. The molecule has 4 heteroatoms. The van der Waals surface area contributed by atoms with E-state index in [2.05, 4.69) is 22.1 Å². The average Bonchev–Trinajstić information content (AvgIpc) is 2.94. The molecule has 1 aliphatic heterocycles. The Kier molecular flexibility index (Phi) is 3.69. The van der Waals surface area contributed by atoms with Crippen LogP contribution in [0, 0.1) is 0 Å². The number of nitrogens with zero attached hydrogens (tertiary/aromatic N) is 2. The summed E-state index contributed by atoms with van der Waals surface area (Å²) < 4.78 is 5.49. The Morgan fingerprint density at radius 1 is 1.47 bits per heavy atom. The number of hydrogen-bond acceptors (Lipinski definition) is 4. The highest BCUT2D eigenvalue weighted by Gasteiger charge is 2.23. The van der Waals surface area contributed by atoms with E-state index in [0.717, 1.165) is 42.8 Å². The Hall–Kier alpha value is -1.55. The van der Waals surface area contributed by atoms with Crippen LogP contribution < -0.4 is 10.2 Å². The van der Waals surface area contributed by atoms with Gasteiger partial charge in [0.2, 0.25) is 0 Å². The molecule has 2 aromatic heterocycles. The summed E-state index contributed by atoms with van der Waals surface area (Å²) in [5.41, 5.74) is 0.926. The molecule has 0 spiro atoms. The van der Waals surface area contributed by atoms with Crippen LogP contribution in [0.5, 0.6) is 0 Å². The number of nitrogens with one attached hydrogen (secondary N) is 1. The van der Waals surface area contributed by atoms with E-state index in [4.69, 9.17) is 4.42 Å². The molecule has 19 heavy (non-hydrogen) atoms. The zero-order valence-corrected chi connectivity index (χ0v) is 11.4. The largest absolute Gasteiger partial charge is 0.464 e. The molecule has 0 saturated carbocycles. The molecule has 1 fully saturated rings. The monoisotopic (exact) mass is 259 g/mol. The van der Waals surface area contributed by atoms with Gasteiger partial charge in [0.05, 0.1) is 11.6 Å². The Balaban J connectivity index is 1.96. The minimum absolute atomic E-state index is 0.543. The van der Waals surface area contributed by atoms with Crippen molar-refractivity contribution >= 4 is 16.8 Å². The zero-order valence-electron chi connectivity index (χ0n) is 11.4. The minimum atomic E-state index is 0.543. The molecular formula is C15H21N3O. The van der Waals surface area contributed by atoms with E-state index >= 15 is 0 Å². The van der Waals surface area contributed by atoms with E-state index in [9.17, 15) is 0 Å². The summed E-state index contributed by atoms with van der Waals surface area (Å²) in [7, 11) is 0. The predicted octanol–water partition coefficient (Wildman–Crippen LogP) is 2.80. The first-order valence-corrected chi connectivity index (χ1v) is 7.19. The molecule has 3 rings (SSSR count). The molecular weight excluding hydrogens is 238 g/mol. The van der Waals surface area contributed by atoms with Gasteiger partial charge in [0.25, 0.3) is 0 Å². The number of piperidine rings is 1. The molecule has 0 amide bonds. The Bertz CT molecular complexity index is 531. The fourth-order valence-electron chi connectivity index (χ4n) is 2.91. The summed E-state index contributed by atoms with van der Waals surface area (Å²) in [5, 5.41) is 4.62. The number of hydrogen-bond donors (Lipinski definition) is 1. The predicted molar refractivity (Wildman–Crippen MR) is 77.5 cm³/mol. The third-order valence-corrected chi connectivity index (χ3v) is 3.81. The smallest absolute Gasteiger partial charge is 0.139 e. The van der Waals surface area contributed by atoms with Crippen LogP contribution in [0.2, 0.25) is 0 Å². The molecule has 102 valence electrons. The van der Waals surface area contributed by atoms with Crippen LogP contribution in [-0.4, -0.2) is 30.7 Å². The summed E-state index contributed by atoms with van der Waals surface area (Å²) >= 11 is 0. The molecule has 0 radical (unpaired) electrons. The van der Waals surface area contributed by atoms with Crippen LogP contribution in [0.15, 0.2) is 29.0 Å². The van der Waals surface area contributed by atoms with Crippen molar-refractivity contribution < 1.29 is 4.42 Å². The highest BCUT2D eigenvalue weighted by Crippen LogP contribution is 2.28. The van der Waals surface area contributed by atoms with E-state index in [-0.39, 0.29) is 0 Å². The summed E-state index contributed by atoms with van der Waals surface area (Å²) in [4.78, 5) is 7.06. The van der Waals surface area contributed by atoms with Crippen molar-refractivity contribution in [2.24, 2.45) is 0 Å². The first-order chi connectivity index (χ1) is 9.40. The third kappa shape index (κ3) is 2.45. The van der Waals surface area contributed by atoms with Crippen LogP contribution >= 0.6 is 0 Å². The van der Waals surface area contributed by atoms with Gasteiger partial charge < -0.3 is 14.6 Å². The summed E-state index contributed by atoms with van der Waals surface area (Å²) in [6.07, 6.45) is 7.21. The number of aromatic nitrogens is 1. The molecule has 0 aliphatic carbocycles. The van der Waals surface area contributed by atoms with E-state index in [1.165, 1.54) is 12.8 Å². The molecule has 1 aliphatic rings. The standard InChI is InChI=1S/C15H21N3O/c1-2-9-18(12-4-3-7-16-11-12)15-13-6-10-19-14(13)5-8-17-15/h5-6,8,10,12,16H,2-4,7,9,11H2,1H3. The summed E-state index contributed by atoms with van der Waals surface area (Å²) in [6, 6.07) is 4.50. The van der Waals surface area contributed by atoms with Gasteiger partial charge in [-0.05, 0) is 37.9 Å². The maximum absolute atomic E-state index is 5.49. The zero-order chi connectivity index (χ0) is 13.1. The number of rotatable bonds is 4. The van der Waals surface area contributed by atoms with E-state index < -0.39 is 0 Å². The Labute approximate surface area is 113 Å². The van der Waals surface area contributed by atoms with Gasteiger partial charge in [-0.25, -0.2) is 4.98 Å². The topological polar surface area (TPSA) is 41.3 Å². The fourth-order valence-corrected chi connectivity index (χ4v) is 2.91. The first-order valence-electron chi connectivity index (χ1n) is 7.19. The fraction of sp³-hybridized carbons (Fsp3) is 0.533. The van der Waals surface area contributed by atoms with Crippen LogP contribution in [0.3, 0.4) is 0 Å². The maximum Gasteiger partial charge on any atom is 0.139 e. The minimum Gasteiger partial charge on any atom is -0.464 e. The lowest BCUT2D eigenvalue weighted by Crippen LogP contribution is -2.46. The molecule has 1 unspecified atom stereocenters. The molecule has 1 atom stereocenters. The van der Waals surface area contributed by atoms with E-state index in [0.29, 0.717) is 6.04 Å². The van der Waals surface area contributed by atoms with Gasteiger partial charge in [-0.3, -0.25) is 0 Å². The molecule has 1 saturated heterocycles. The highest BCUT2D eigenvalue weighted by atomic mass is 16.3. The third-order valence-electron chi connectivity index (χ3n) is 3.81. The van der Waals surface area contributed by atoms with Crippen molar-refractivity contribution in [3.8, 4) is 0 Å². The highest BCUT2D eigenvalue weighted by molar-refractivity contribution is 5.88. The second kappa shape index (κ2) is 5.61. The number of pyridine rings is 1. The van der Waals surface area contributed by atoms with Crippen molar-refractivity contribution in [1.82, 2.24) is 10.3 Å². The van der Waals surface area contributed by atoms with Gasteiger partial charge in [-0.2, -0.15) is 0 Å². The van der Waals surface area contributed by atoms with E-state index in [1.54, 1.807) is 6.26 Å². The van der Waals surface area contributed by atoms with Crippen molar-refractivity contribution in [2.75, 3.05) is 24.5 Å². The van der Waals surface area contributed by atoms with Gasteiger partial charge in [-0.1, -0.05) is 6.92 Å². The molecule has 2 aromatic rings. The van der Waals surface area contributed by atoms with Crippen molar-refractivity contribution in [2.45, 2.75) is 32.2 Å². The van der Waals surface area contributed by atoms with Gasteiger partial charge in [0.15, 0.2) is 0 Å². The van der Waals surface area contributed by atoms with Crippen LogP contribution in [0.4, 0.5) is 5.82 Å². The van der Waals surface area contributed by atoms with Crippen LogP contribution in [-0.2, 0) is 0 Å².